The molecular weight excluding hydrogens is 394 g/mol. The molecule has 2 heterocycles. The second-order valence-corrected chi connectivity index (χ2v) is 9.80. The highest BCUT2D eigenvalue weighted by atomic mass is 32.2. The molecule has 0 spiro atoms. The molecule has 2 aliphatic rings. The maximum Gasteiger partial charge on any atom is 0.233 e. The van der Waals surface area contributed by atoms with E-state index in [-0.39, 0.29) is 5.91 Å². The van der Waals surface area contributed by atoms with Gasteiger partial charge in [-0.15, -0.1) is 10.2 Å². The van der Waals surface area contributed by atoms with Crippen LogP contribution in [0.25, 0.3) is 22.3 Å². The van der Waals surface area contributed by atoms with Crippen LogP contribution in [0.2, 0.25) is 0 Å². The first kappa shape index (κ1) is 19.7. The number of H-pyrrole nitrogens is 1. The summed E-state index contributed by atoms with van der Waals surface area (Å²) in [4.78, 5) is 18.2. The minimum Gasteiger partial charge on any atom is -0.360 e. The van der Waals surface area contributed by atoms with Gasteiger partial charge in [-0.3, -0.25) is 9.36 Å². The first-order valence-electron chi connectivity index (χ1n) is 11.0. The number of carbonyl (C=O) groups is 1. The summed E-state index contributed by atoms with van der Waals surface area (Å²) < 4.78 is 2.25. The highest BCUT2D eigenvalue weighted by Crippen LogP contribution is 2.42. The molecule has 3 aromatic rings. The molecule has 0 saturated heterocycles. The topological polar surface area (TPSA) is 66.8 Å². The standard InChI is InChI=1S/C23H29N5OS/c1-15-7-9-16(10-8-15)27(2)21(29)14-30-23-26-25-22(28(23)17-11-12-17)19-13-24-20-6-4-3-5-18(19)20/h3-6,13,15-17,24H,7-12,14H2,1-2H3. The number of carbonyl (C=O) groups excluding carboxylic acids is 1. The molecule has 2 saturated carbocycles. The van der Waals surface area contributed by atoms with E-state index in [0.29, 0.717) is 17.8 Å². The molecule has 0 atom stereocenters. The molecule has 1 aromatic carbocycles. The maximum absolute atomic E-state index is 12.8. The second kappa shape index (κ2) is 8.10. The number of aromatic amines is 1. The van der Waals surface area contributed by atoms with Gasteiger partial charge >= 0.3 is 0 Å². The van der Waals surface area contributed by atoms with Gasteiger partial charge in [0.15, 0.2) is 11.0 Å². The number of aromatic nitrogens is 4. The number of hydrogen-bond acceptors (Lipinski definition) is 4. The lowest BCUT2D eigenvalue weighted by Gasteiger charge is -2.33. The Hall–Kier alpha value is -2.28. The van der Waals surface area contributed by atoms with Gasteiger partial charge in [0.25, 0.3) is 0 Å². The zero-order valence-corrected chi connectivity index (χ0v) is 18.5. The lowest BCUT2D eigenvalue weighted by atomic mass is 9.87. The molecule has 6 nitrogen and oxygen atoms in total. The van der Waals surface area contributed by atoms with Crippen LogP contribution in [0.3, 0.4) is 0 Å². The fraction of sp³-hybridized carbons (Fsp3) is 0.522. The van der Waals surface area contributed by atoms with Crippen LogP contribution in [-0.2, 0) is 4.79 Å². The smallest absolute Gasteiger partial charge is 0.233 e. The molecule has 0 aliphatic heterocycles. The van der Waals surface area contributed by atoms with Crippen molar-refractivity contribution in [3.8, 4) is 11.4 Å². The molecule has 0 radical (unpaired) electrons. The average molecular weight is 424 g/mol. The van der Waals surface area contributed by atoms with Crippen LogP contribution in [0.5, 0.6) is 0 Å². The van der Waals surface area contributed by atoms with Gasteiger partial charge in [0.1, 0.15) is 0 Å². The molecule has 2 fully saturated rings. The van der Waals surface area contributed by atoms with Gasteiger partial charge in [0, 0.05) is 41.8 Å². The van der Waals surface area contributed by atoms with Crippen molar-refractivity contribution in [1.29, 1.82) is 0 Å². The molecule has 158 valence electrons. The minimum atomic E-state index is 0.193. The lowest BCUT2D eigenvalue weighted by molar-refractivity contribution is -0.129. The fourth-order valence-corrected chi connectivity index (χ4v) is 5.47. The number of nitrogens with zero attached hydrogens (tertiary/aromatic N) is 4. The third-order valence-corrected chi connectivity index (χ3v) is 7.59. The van der Waals surface area contributed by atoms with Crippen molar-refractivity contribution in [2.24, 2.45) is 5.92 Å². The van der Waals surface area contributed by atoms with Crippen molar-refractivity contribution >= 4 is 28.6 Å². The Kier molecular flexibility index (Phi) is 5.31. The number of amides is 1. The predicted molar refractivity (Wildman–Crippen MR) is 120 cm³/mol. The highest BCUT2D eigenvalue weighted by Gasteiger charge is 2.31. The number of fused-ring (bicyclic) bond motifs is 1. The summed E-state index contributed by atoms with van der Waals surface area (Å²) in [6.07, 6.45) is 9.00. The van der Waals surface area contributed by atoms with E-state index >= 15 is 0 Å². The van der Waals surface area contributed by atoms with Crippen molar-refractivity contribution in [1.82, 2.24) is 24.6 Å². The second-order valence-electron chi connectivity index (χ2n) is 8.86. The van der Waals surface area contributed by atoms with E-state index in [1.807, 2.05) is 30.3 Å². The first-order chi connectivity index (χ1) is 14.6. The number of nitrogens with one attached hydrogen (secondary N) is 1. The van der Waals surface area contributed by atoms with E-state index in [1.165, 1.54) is 24.6 Å². The number of benzene rings is 1. The predicted octanol–water partition coefficient (Wildman–Crippen LogP) is 4.89. The van der Waals surface area contributed by atoms with E-state index in [9.17, 15) is 4.79 Å². The molecule has 5 rings (SSSR count). The van der Waals surface area contributed by atoms with Gasteiger partial charge < -0.3 is 9.88 Å². The van der Waals surface area contributed by atoms with Gasteiger partial charge in [-0.25, -0.2) is 0 Å². The molecule has 1 amide bonds. The number of para-hydroxylation sites is 1. The molecular formula is C23H29N5OS. The third-order valence-electron chi connectivity index (χ3n) is 6.66. The van der Waals surface area contributed by atoms with Crippen molar-refractivity contribution in [2.75, 3.05) is 12.8 Å². The summed E-state index contributed by atoms with van der Waals surface area (Å²) in [5.74, 6) is 2.30. The van der Waals surface area contributed by atoms with E-state index in [4.69, 9.17) is 0 Å². The molecule has 30 heavy (non-hydrogen) atoms. The van der Waals surface area contributed by atoms with Crippen LogP contribution in [0.1, 0.15) is 51.5 Å². The van der Waals surface area contributed by atoms with Crippen LogP contribution in [-0.4, -0.2) is 49.4 Å². The molecule has 7 heteroatoms. The Labute approximate surface area is 181 Å². The summed E-state index contributed by atoms with van der Waals surface area (Å²) >= 11 is 1.53. The van der Waals surface area contributed by atoms with Crippen LogP contribution < -0.4 is 0 Å². The Bertz CT molecular complexity index is 1040. The minimum absolute atomic E-state index is 0.193. The van der Waals surface area contributed by atoms with Gasteiger partial charge in [0.05, 0.1) is 5.75 Å². The zero-order valence-electron chi connectivity index (χ0n) is 17.7. The van der Waals surface area contributed by atoms with E-state index in [0.717, 1.165) is 59.0 Å². The Balaban J connectivity index is 1.33. The van der Waals surface area contributed by atoms with Gasteiger partial charge in [-0.05, 0) is 50.5 Å². The van der Waals surface area contributed by atoms with E-state index < -0.39 is 0 Å². The monoisotopic (exact) mass is 423 g/mol. The van der Waals surface area contributed by atoms with Crippen LogP contribution >= 0.6 is 11.8 Å². The Morgan fingerprint density at radius 2 is 1.93 bits per heavy atom. The molecule has 2 aromatic heterocycles. The Morgan fingerprint density at radius 1 is 1.17 bits per heavy atom. The van der Waals surface area contributed by atoms with Crippen LogP contribution in [0.4, 0.5) is 0 Å². The number of rotatable bonds is 6. The van der Waals surface area contributed by atoms with Crippen LogP contribution in [0.15, 0.2) is 35.6 Å². The van der Waals surface area contributed by atoms with Crippen LogP contribution in [0, 0.1) is 5.92 Å². The van der Waals surface area contributed by atoms with Crippen molar-refractivity contribution in [3.05, 3.63) is 30.5 Å². The average Bonchev–Trinajstić information content (AvgIpc) is 3.38. The van der Waals surface area contributed by atoms with Gasteiger partial charge in [0.2, 0.25) is 5.91 Å². The maximum atomic E-state index is 12.8. The van der Waals surface area contributed by atoms with E-state index in [1.54, 1.807) is 0 Å². The summed E-state index contributed by atoms with van der Waals surface area (Å²) in [5, 5.41) is 11.0. The Morgan fingerprint density at radius 3 is 2.70 bits per heavy atom. The van der Waals surface area contributed by atoms with Gasteiger partial charge in [-0.2, -0.15) is 0 Å². The first-order valence-corrected chi connectivity index (χ1v) is 12.0. The largest absolute Gasteiger partial charge is 0.360 e. The van der Waals surface area contributed by atoms with Crippen molar-refractivity contribution in [3.63, 3.8) is 0 Å². The quantitative estimate of drug-likeness (QED) is 0.573. The molecule has 0 bridgehead atoms. The summed E-state index contributed by atoms with van der Waals surface area (Å²) in [7, 11) is 1.96. The van der Waals surface area contributed by atoms with E-state index in [2.05, 4.69) is 38.8 Å². The fourth-order valence-electron chi connectivity index (χ4n) is 4.54. The van der Waals surface area contributed by atoms with Crippen molar-refractivity contribution in [2.45, 2.75) is 62.7 Å². The number of hydrogen-bond donors (Lipinski definition) is 1. The zero-order chi connectivity index (χ0) is 20.7. The summed E-state index contributed by atoms with van der Waals surface area (Å²) in [6, 6.07) is 9.10. The normalized spacial score (nSPS) is 21.8. The lowest BCUT2D eigenvalue weighted by Crippen LogP contribution is -2.40. The number of thioether (sulfide) groups is 1. The summed E-state index contributed by atoms with van der Waals surface area (Å²) in [6.45, 7) is 2.31. The van der Waals surface area contributed by atoms with Gasteiger partial charge in [-0.1, -0.05) is 36.9 Å². The molecule has 0 unspecified atom stereocenters. The third kappa shape index (κ3) is 3.75. The molecule has 2 aliphatic carbocycles. The SMILES string of the molecule is CC1CCC(N(C)C(=O)CSc2nnc(-c3c[nH]c4ccccc34)n2C2CC2)CC1. The molecule has 1 N–H and O–H groups in total. The highest BCUT2D eigenvalue weighted by molar-refractivity contribution is 7.99. The van der Waals surface area contributed by atoms with Crippen molar-refractivity contribution < 1.29 is 4.79 Å². The summed E-state index contributed by atoms with van der Waals surface area (Å²) in [5.41, 5.74) is 2.18.